The van der Waals surface area contributed by atoms with E-state index in [2.05, 4.69) is 4.98 Å². The molecule has 1 atom stereocenters. The molecule has 22 heavy (non-hydrogen) atoms. The molecular weight excluding hydrogens is 290 g/mol. The van der Waals surface area contributed by atoms with Gasteiger partial charge in [0.2, 0.25) is 5.91 Å². The average molecular weight is 305 g/mol. The van der Waals surface area contributed by atoms with E-state index in [1.165, 1.54) is 6.07 Å². The van der Waals surface area contributed by atoms with Gasteiger partial charge in [0.05, 0.1) is 0 Å². The van der Waals surface area contributed by atoms with E-state index in [-0.39, 0.29) is 23.6 Å². The van der Waals surface area contributed by atoms with Crippen LogP contribution in [0.2, 0.25) is 0 Å². The van der Waals surface area contributed by atoms with Crippen molar-refractivity contribution in [1.82, 2.24) is 10.0 Å². The first kappa shape index (κ1) is 15.5. The molecule has 1 aromatic heterocycles. The summed E-state index contributed by atoms with van der Waals surface area (Å²) < 4.78 is 0. The molecule has 0 fully saturated rings. The lowest BCUT2D eigenvalue weighted by Crippen LogP contribution is -2.43. The molecule has 1 aromatic carbocycles. The Bertz CT molecular complexity index is 691. The lowest BCUT2D eigenvalue weighted by atomic mass is 10.1. The number of carboxylic acids is 1. The molecule has 0 saturated carbocycles. The van der Waals surface area contributed by atoms with E-state index in [0.717, 1.165) is 5.39 Å². The number of nitrogens with zero attached hydrogens (tertiary/aromatic N) is 1. The molecule has 1 unspecified atom stereocenters. The number of fused-ring (bicyclic) bond motifs is 1. The van der Waals surface area contributed by atoms with Crippen LogP contribution in [0.4, 0.5) is 0 Å². The molecular formula is C14H15N3O5. The summed E-state index contributed by atoms with van der Waals surface area (Å²) in [6.07, 6.45) is -0.527. The first-order chi connectivity index (χ1) is 10.4. The topological polar surface area (TPSA) is 137 Å². The minimum Gasteiger partial charge on any atom is -0.480 e. The van der Waals surface area contributed by atoms with Gasteiger partial charge in [-0.2, -0.15) is 0 Å². The van der Waals surface area contributed by atoms with Crippen molar-refractivity contribution < 1.29 is 24.7 Å². The Kier molecular flexibility index (Phi) is 4.42. The van der Waals surface area contributed by atoms with Crippen molar-refractivity contribution in [2.75, 3.05) is 0 Å². The summed E-state index contributed by atoms with van der Waals surface area (Å²) in [5.74, 6) is -3.03. The quantitative estimate of drug-likeness (QED) is 0.460. The van der Waals surface area contributed by atoms with E-state index in [1.807, 2.05) is 0 Å². The number of nitrogens with one attached hydrogen (secondary N) is 1. The summed E-state index contributed by atoms with van der Waals surface area (Å²) in [6.45, 7) is 0. The van der Waals surface area contributed by atoms with E-state index >= 15 is 0 Å². The standard InChI is InChI=1S/C14H15N3O5/c15-12(18)6-5-11(14(20)21)17(22)13(19)10-7-8-3-1-2-4-9(8)16-10/h1-4,7,11,16,22H,5-6H2,(H2,15,18)(H,20,21). The monoisotopic (exact) mass is 305 g/mol. The molecule has 0 aliphatic carbocycles. The van der Waals surface area contributed by atoms with Crippen molar-refractivity contribution in [1.29, 1.82) is 0 Å². The van der Waals surface area contributed by atoms with Gasteiger partial charge in [0.1, 0.15) is 5.69 Å². The number of para-hydroxylation sites is 1. The lowest BCUT2D eigenvalue weighted by molar-refractivity contribution is -0.158. The molecule has 5 N–H and O–H groups in total. The molecule has 2 amide bonds. The number of carboxylic acid groups (broad SMARTS) is 1. The highest BCUT2D eigenvalue weighted by Gasteiger charge is 2.30. The summed E-state index contributed by atoms with van der Waals surface area (Å²) >= 11 is 0. The zero-order valence-corrected chi connectivity index (χ0v) is 11.5. The third kappa shape index (κ3) is 3.23. The van der Waals surface area contributed by atoms with E-state index < -0.39 is 23.8 Å². The van der Waals surface area contributed by atoms with Gasteiger partial charge in [0.25, 0.3) is 5.91 Å². The number of aromatic amines is 1. The number of hydrogen-bond donors (Lipinski definition) is 4. The van der Waals surface area contributed by atoms with Crippen molar-refractivity contribution in [3.63, 3.8) is 0 Å². The maximum Gasteiger partial charge on any atom is 0.329 e. The largest absolute Gasteiger partial charge is 0.480 e. The van der Waals surface area contributed by atoms with Crippen LogP contribution < -0.4 is 5.73 Å². The highest BCUT2D eigenvalue weighted by atomic mass is 16.5. The number of aromatic nitrogens is 1. The molecule has 8 heteroatoms. The molecule has 0 aliphatic heterocycles. The number of aliphatic carboxylic acids is 1. The highest BCUT2D eigenvalue weighted by molar-refractivity contribution is 5.99. The van der Waals surface area contributed by atoms with Crippen LogP contribution in [0.1, 0.15) is 23.3 Å². The van der Waals surface area contributed by atoms with E-state index in [4.69, 9.17) is 10.8 Å². The smallest absolute Gasteiger partial charge is 0.329 e. The second-order valence-electron chi connectivity index (χ2n) is 4.78. The van der Waals surface area contributed by atoms with Crippen LogP contribution in [0, 0.1) is 0 Å². The first-order valence-corrected chi connectivity index (χ1v) is 6.51. The van der Waals surface area contributed by atoms with Gasteiger partial charge in [0.15, 0.2) is 6.04 Å². The second-order valence-corrected chi connectivity index (χ2v) is 4.78. The third-order valence-corrected chi connectivity index (χ3v) is 3.21. The first-order valence-electron chi connectivity index (χ1n) is 6.51. The second kappa shape index (κ2) is 6.27. The van der Waals surface area contributed by atoms with Gasteiger partial charge in [-0.15, -0.1) is 0 Å². The van der Waals surface area contributed by atoms with Crippen LogP contribution in [-0.4, -0.2) is 44.2 Å². The van der Waals surface area contributed by atoms with Gasteiger partial charge in [-0.05, 0) is 18.6 Å². The number of nitrogens with two attached hydrogens (primary N) is 1. The predicted octanol–water partition coefficient (Wildman–Crippen LogP) is 0.718. The number of carbonyl (C=O) groups excluding carboxylic acids is 2. The van der Waals surface area contributed by atoms with E-state index in [0.29, 0.717) is 5.52 Å². The molecule has 0 aliphatic rings. The fraction of sp³-hybridized carbons (Fsp3) is 0.214. The maximum absolute atomic E-state index is 12.2. The highest BCUT2D eigenvalue weighted by Crippen LogP contribution is 2.17. The third-order valence-electron chi connectivity index (χ3n) is 3.21. The Labute approximate surface area is 125 Å². The van der Waals surface area contributed by atoms with Crippen molar-refractivity contribution in [3.05, 3.63) is 36.0 Å². The number of hydrogen-bond acceptors (Lipinski definition) is 4. The number of rotatable bonds is 6. The normalized spacial score (nSPS) is 12.0. The molecule has 1 heterocycles. The van der Waals surface area contributed by atoms with Crippen LogP contribution in [0.5, 0.6) is 0 Å². The minimum atomic E-state index is -1.55. The number of amides is 2. The van der Waals surface area contributed by atoms with Gasteiger partial charge >= 0.3 is 5.97 Å². The molecule has 0 spiro atoms. The average Bonchev–Trinajstić information content (AvgIpc) is 2.89. The Balaban J connectivity index is 2.21. The summed E-state index contributed by atoms with van der Waals surface area (Å²) in [5, 5.41) is 19.8. The Morgan fingerprint density at radius 3 is 2.55 bits per heavy atom. The van der Waals surface area contributed by atoms with Gasteiger partial charge < -0.3 is 15.8 Å². The van der Waals surface area contributed by atoms with Crippen LogP contribution in [0.25, 0.3) is 10.9 Å². The molecule has 116 valence electrons. The van der Waals surface area contributed by atoms with Crippen molar-refractivity contribution in [2.24, 2.45) is 5.73 Å². The summed E-state index contributed by atoms with van der Waals surface area (Å²) in [6, 6.07) is 7.03. The number of H-pyrrole nitrogens is 1. The zero-order valence-electron chi connectivity index (χ0n) is 11.5. The number of benzene rings is 1. The fourth-order valence-corrected chi connectivity index (χ4v) is 2.08. The van der Waals surface area contributed by atoms with E-state index in [1.54, 1.807) is 24.3 Å². The van der Waals surface area contributed by atoms with Gasteiger partial charge in [-0.3, -0.25) is 14.8 Å². The number of primary amides is 1. The lowest BCUT2D eigenvalue weighted by Gasteiger charge is -2.21. The summed E-state index contributed by atoms with van der Waals surface area (Å²) in [5.41, 5.74) is 5.69. The van der Waals surface area contributed by atoms with Gasteiger partial charge in [0, 0.05) is 17.3 Å². The van der Waals surface area contributed by atoms with E-state index in [9.17, 15) is 19.6 Å². The molecule has 0 radical (unpaired) electrons. The maximum atomic E-state index is 12.2. The Morgan fingerprint density at radius 1 is 1.27 bits per heavy atom. The van der Waals surface area contributed by atoms with Crippen LogP contribution in [0.3, 0.4) is 0 Å². The van der Waals surface area contributed by atoms with Crippen LogP contribution >= 0.6 is 0 Å². The molecule has 0 bridgehead atoms. The molecule has 2 aromatic rings. The zero-order chi connectivity index (χ0) is 16.3. The Hall–Kier alpha value is -2.87. The molecule has 0 saturated heterocycles. The minimum absolute atomic E-state index is 0.0500. The van der Waals surface area contributed by atoms with Crippen LogP contribution in [-0.2, 0) is 9.59 Å². The fourth-order valence-electron chi connectivity index (χ4n) is 2.08. The molecule has 8 nitrogen and oxygen atoms in total. The molecule has 2 rings (SSSR count). The SMILES string of the molecule is NC(=O)CCC(C(=O)O)N(O)C(=O)c1cc2ccccc2[nH]1. The number of carbonyl (C=O) groups is 3. The summed E-state index contributed by atoms with van der Waals surface area (Å²) in [7, 11) is 0. The number of hydroxylamine groups is 2. The summed E-state index contributed by atoms with van der Waals surface area (Å²) in [4.78, 5) is 36.9. The van der Waals surface area contributed by atoms with Crippen molar-refractivity contribution in [3.8, 4) is 0 Å². The van der Waals surface area contributed by atoms with Crippen molar-refractivity contribution >= 4 is 28.7 Å². The van der Waals surface area contributed by atoms with Gasteiger partial charge in [-0.1, -0.05) is 18.2 Å². The Morgan fingerprint density at radius 2 is 1.95 bits per heavy atom. The van der Waals surface area contributed by atoms with Crippen LogP contribution in [0.15, 0.2) is 30.3 Å². The van der Waals surface area contributed by atoms with Gasteiger partial charge in [-0.25, -0.2) is 9.86 Å². The van der Waals surface area contributed by atoms with Crippen molar-refractivity contribution in [2.45, 2.75) is 18.9 Å². The predicted molar refractivity (Wildman–Crippen MR) is 76.1 cm³/mol.